The molecule has 0 unspecified atom stereocenters. The second kappa shape index (κ2) is 9.61. The van der Waals surface area contributed by atoms with E-state index in [-0.39, 0.29) is 18.3 Å². The first-order valence-electron chi connectivity index (χ1n) is 7.66. The summed E-state index contributed by atoms with van der Waals surface area (Å²) in [6.45, 7) is 5.80. The monoisotopic (exact) mass is 320 g/mol. The van der Waals surface area contributed by atoms with Crippen LogP contribution >= 0.6 is 0 Å². The van der Waals surface area contributed by atoms with Crippen molar-refractivity contribution in [2.24, 2.45) is 5.92 Å². The molecule has 1 aromatic rings. The van der Waals surface area contributed by atoms with Gasteiger partial charge >= 0.3 is 12.0 Å². The van der Waals surface area contributed by atoms with Gasteiger partial charge in [-0.3, -0.25) is 14.9 Å². The van der Waals surface area contributed by atoms with Gasteiger partial charge in [-0.1, -0.05) is 51.1 Å². The zero-order valence-electron chi connectivity index (χ0n) is 13.8. The van der Waals surface area contributed by atoms with Crippen LogP contribution in [0.15, 0.2) is 30.3 Å². The maximum Gasteiger partial charge on any atom is 0.321 e. The van der Waals surface area contributed by atoms with Gasteiger partial charge in [-0.05, 0) is 17.4 Å². The lowest BCUT2D eigenvalue weighted by Gasteiger charge is -2.12. The zero-order valence-corrected chi connectivity index (χ0v) is 13.8. The van der Waals surface area contributed by atoms with E-state index in [1.54, 1.807) is 0 Å². The molecule has 0 aliphatic carbocycles. The third-order valence-corrected chi connectivity index (χ3v) is 3.13. The fourth-order valence-corrected chi connectivity index (χ4v) is 1.86. The number of ether oxygens (including phenoxy) is 1. The van der Waals surface area contributed by atoms with Gasteiger partial charge < -0.3 is 10.1 Å². The van der Waals surface area contributed by atoms with Gasteiger partial charge in [0, 0.05) is 6.54 Å². The molecule has 0 saturated heterocycles. The maximum absolute atomic E-state index is 11.7. The van der Waals surface area contributed by atoms with Gasteiger partial charge in [0.1, 0.15) is 0 Å². The van der Waals surface area contributed by atoms with Crippen molar-refractivity contribution in [3.8, 4) is 0 Å². The van der Waals surface area contributed by atoms with E-state index in [2.05, 4.69) is 10.6 Å². The Kier molecular flexibility index (Phi) is 7.80. The number of hydrogen-bond donors (Lipinski definition) is 2. The molecule has 1 aromatic carbocycles. The number of benzene rings is 1. The highest BCUT2D eigenvalue weighted by molar-refractivity contribution is 5.95. The van der Waals surface area contributed by atoms with Crippen LogP contribution in [0.1, 0.15) is 38.7 Å². The normalized spacial score (nSPS) is 11.7. The number of urea groups is 1. The lowest BCUT2D eigenvalue weighted by Crippen LogP contribution is -2.42. The summed E-state index contributed by atoms with van der Waals surface area (Å²) in [5, 5.41) is 4.65. The third kappa shape index (κ3) is 7.99. The standard InChI is InChI=1S/C17H24N2O4/c1-12(2)10-18-17(22)19-15(20)11-23-16(21)9-13(3)14-7-5-4-6-8-14/h4-8,12-13H,9-11H2,1-3H3,(H2,18,19,20,22)/t13-/m1/s1. The number of rotatable bonds is 7. The number of amides is 3. The van der Waals surface area contributed by atoms with Crippen LogP contribution in [0, 0.1) is 5.92 Å². The van der Waals surface area contributed by atoms with Crippen molar-refractivity contribution in [2.75, 3.05) is 13.2 Å². The van der Waals surface area contributed by atoms with E-state index in [0.29, 0.717) is 6.54 Å². The fourth-order valence-electron chi connectivity index (χ4n) is 1.86. The minimum absolute atomic E-state index is 0.00102. The summed E-state index contributed by atoms with van der Waals surface area (Å²) < 4.78 is 4.89. The smallest absolute Gasteiger partial charge is 0.321 e. The summed E-state index contributed by atoms with van der Waals surface area (Å²) in [6, 6.07) is 9.00. The SMILES string of the molecule is CC(C)CNC(=O)NC(=O)COC(=O)C[C@@H](C)c1ccccc1. The van der Waals surface area contributed by atoms with Crippen molar-refractivity contribution in [3.05, 3.63) is 35.9 Å². The van der Waals surface area contributed by atoms with E-state index in [1.807, 2.05) is 51.1 Å². The molecule has 1 atom stereocenters. The van der Waals surface area contributed by atoms with Crippen LogP contribution < -0.4 is 10.6 Å². The first kappa shape index (κ1) is 18.7. The maximum atomic E-state index is 11.7. The topological polar surface area (TPSA) is 84.5 Å². The number of carbonyl (C=O) groups is 3. The Bertz CT molecular complexity index is 529. The summed E-state index contributed by atoms with van der Waals surface area (Å²) in [5.41, 5.74) is 1.03. The molecule has 23 heavy (non-hydrogen) atoms. The summed E-state index contributed by atoms with van der Waals surface area (Å²) in [6.07, 6.45) is 0.177. The number of imide groups is 1. The molecule has 0 aliphatic rings. The summed E-state index contributed by atoms with van der Waals surface area (Å²) in [5.74, 6) is -0.833. The van der Waals surface area contributed by atoms with Crippen molar-refractivity contribution >= 4 is 17.9 Å². The molecule has 0 saturated carbocycles. The number of esters is 1. The largest absolute Gasteiger partial charge is 0.456 e. The molecule has 0 heterocycles. The van der Waals surface area contributed by atoms with E-state index < -0.39 is 24.5 Å². The second-order valence-electron chi connectivity index (χ2n) is 5.83. The number of nitrogens with one attached hydrogen (secondary N) is 2. The molecule has 0 fully saturated rings. The van der Waals surface area contributed by atoms with Gasteiger partial charge in [0.05, 0.1) is 6.42 Å². The van der Waals surface area contributed by atoms with Crippen molar-refractivity contribution < 1.29 is 19.1 Å². The first-order valence-corrected chi connectivity index (χ1v) is 7.66. The predicted octanol–water partition coefficient (Wildman–Crippen LogP) is 2.21. The molecular weight excluding hydrogens is 296 g/mol. The van der Waals surface area contributed by atoms with Crippen molar-refractivity contribution in [3.63, 3.8) is 0 Å². The number of hydrogen-bond acceptors (Lipinski definition) is 4. The highest BCUT2D eigenvalue weighted by atomic mass is 16.5. The molecule has 6 heteroatoms. The van der Waals surface area contributed by atoms with Crippen molar-refractivity contribution in [1.29, 1.82) is 0 Å². The molecule has 3 amide bonds. The summed E-state index contributed by atoms with van der Waals surface area (Å²) >= 11 is 0. The minimum atomic E-state index is -0.646. The zero-order chi connectivity index (χ0) is 17.2. The molecule has 0 aromatic heterocycles. The molecule has 6 nitrogen and oxygen atoms in total. The van der Waals surface area contributed by atoms with E-state index in [4.69, 9.17) is 4.74 Å². The molecule has 2 N–H and O–H groups in total. The van der Waals surface area contributed by atoms with Crippen LogP contribution in [-0.2, 0) is 14.3 Å². The van der Waals surface area contributed by atoms with Crippen LogP contribution in [0.25, 0.3) is 0 Å². The second-order valence-corrected chi connectivity index (χ2v) is 5.83. The summed E-state index contributed by atoms with van der Waals surface area (Å²) in [4.78, 5) is 34.6. The van der Waals surface area contributed by atoms with E-state index in [9.17, 15) is 14.4 Å². The predicted molar refractivity (Wildman–Crippen MR) is 86.8 cm³/mol. The molecule has 0 radical (unpaired) electrons. The molecule has 1 rings (SSSR count). The lowest BCUT2D eigenvalue weighted by molar-refractivity contribution is -0.148. The molecule has 126 valence electrons. The first-order chi connectivity index (χ1) is 10.9. The molecular formula is C17H24N2O4. The Morgan fingerprint density at radius 2 is 1.74 bits per heavy atom. The van der Waals surface area contributed by atoms with Gasteiger partial charge in [0.15, 0.2) is 6.61 Å². The van der Waals surface area contributed by atoms with Gasteiger partial charge in [0.25, 0.3) is 5.91 Å². The van der Waals surface area contributed by atoms with Crippen molar-refractivity contribution in [1.82, 2.24) is 10.6 Å². The van der Waals surface area contributed by atoms with Crippen LogP contribution in [-0.4, -0.2) is 31.1 Å². The number of carbonyl (C=O) groups excluding carboxylic acids is 3. The lowest BCUT2D eigenvalue weighted by atomic mass is 9.98. The fraction of sp³-hybridized carbons (Fsp3) is 0.471. The van der Waals surface area contributed by atoms with Gasteiger partial charge in [-0.2, -0.15) is 0 Å². The van der Waals surface area contributed by atoms with E-state index >= 15 is 0 Å². The Labute approximate surface area is 136 Å². The molecule has 0 aliphatic heterocycles. The highest BCUT2D eigenvalue weighted by Crippen LogP contribution is 2.18. The van der Waals surface area contributed by atoms with Gasteiger partial charge in [-0.15, -0.1) is 0 Å². The quantitative estimate of drug-likeness (QED) is 0.754. The van der Waals surface area contributed by atoms with Crippen molar-refractivity contribution in [2.45, 2.75) is 33.1 Å². The van der Waals surface area contributed by atoms with Crippen LogP contribution in [0.3, 0.4) is 0 Å². The summed E-state index contributed by atoms with van der Waals surface area (Å²) in [7, 11) is 0. The Morgan fingerprint density at radius 3 is 2.35 bits per heavy atom. The van der Waals surface area contributed by atoms with Gasteiger partial charge in [-0.25, -0.2) is 4.79 Å². The third-order valence-electron chi connectivity index (χ3n) is 3.13. The highest BCUT2D eigenvalue weighted by Gasteiger charge is 2.14. The van der Waals surface area contributed by atoms with Gasteiger partial charge in [0.2, 0.25) is 0 Å². The average Bonchev–Trinajstić information content (AvgIpc) is 2.52. The molecule has 0 bridgehead atoms. The van der Waals surface area contributed by atoms with Crippen LogP contribution in [0.5, 0.6) is 0 Å². The Morgan fingerprint density at radius 1 is 1.09 bits per heavy atom. The van der Waals surface area contributed by atoms with Crippen LogP contribution in [0.2, 0.25) is 0 Å². The Hall–Kier alpha value is -2.37. The molecule has 0 spiro atoms. The Balaban J connectivity index is 2.27. The van der Waals surface area contributed by atoms with E-state index in [1.165, 1.54) is 0 Å². The van der Waals surface area contributed by atoms with E-state index in [0.717, 1.165) is 5.56 Å². The minimum Gasteiger partial charge on any atom is -0.456 e. The average molecular weight is 320 g/mol. The van der Waals surface area contributed by atoms with Crippen LogP contribution in [0.4, 0.5) is 4.79 Å².